The fourth-order valence-corrected chi connectivity index (χ4v) is 1.37. The van der Waals surface area contributed by atoms with Gasteiger partial charge in [-0.25, -0.2) is 4.39 Å². The van der Waals surface area contributed by atoms with Gasteiger partial charge in [0, 0.05) is 5.56 Å². The highest BCUT2D eigenvalue weighted by atomic mass is 79.9. The van der Waals surface area contributed by atoms with Crippen LogP contribution in [0.25, 0.3) is 0 Å². The topological polar surface area (TPSA) is 17.1 Å². The highest BCUT2D eigenvalue weighted by Crippen LogP contribution is 2.32. The Labute approximate surface area is 91.2 Å². The van der Waals surface area contributed by atoms with Crippen LogP contribution >= 0.6 is 15.9 Å². The molecule has 15 heavy (non-hydrogen) atoms. The van der Waals surface area contributed by atoms with E-state index in [0.29, 0.717) is 6.07 Å². The molecule has 6 heteroatoms. The molecule has 0 radical (unpaired) electrons. The molecule has 0 N–H and O–H groups in total. The third-order valence-electron chi connectivity index (χ3n) is 1.71. The molecule has 0 spiro atoms. The summed E-state index contributed by atoms with van der Waals surface area (Å²) in [5.41, 5.74) is -1.77. The molecule has 0 unspecified atom stereocenters. The first kappa shape index (κ1) is 12.2. The summed E-state index contributed by atoms with van der Waals surface area (Å²) < 4.78 is 49.8. The molecular weight excluding hydrogens is 280 g/mol. The average molecular weight is 285 g/mol. The minimum atomic E-state index is -4.73. The fraction of sp³-hybridized carbons (Fsp3) is 0.222. The zero-order valence-corrected chi connectivity index (χ0v) is 8.82. The van der Waals surface area contributed by atoms with Gasteiger partial charge in [0.25, 0.3) is 0 Å². The Morgan fingerprint density at radius 3 is 2.40 bits per heavy atom. The van der Waals surface area contributed by atoms with Crippen LogP contribution in [0.5, 0.6) is 0 Å². The highest BCUT2D eigenvalue weighted by molar-refractivity contribution is 9.09. The molecule has 82 valence electrons. The van der Waals surface area contributed by atoms with E-state index in [1.807, 2.05) is 0 Å². The van der Waals surface area contributed by atoms with E-state index in [0.717, 1.165) is 12.1 Å². The van der Waals surface area contributed by atoms with Crippen LogP contribution in [-0.4, -0.2) is 11.1 Å². The molecule has 1 rings (SSSR count). The van der Waals surface area contributed by atoms with Crippen molar-refractivity contribution in [1.29, 1.82) is 0 Å². The SMILES string of the molecule is O=C(CBr)c1ccc(F)cc1C(F)(F)F. The van der Waals surface area contributed by atoms with Gasteiger partial charge in [-0.15, -0.1) is 0 Å². The van der Waals surface area contributed by atoms with Gasteiger partial charge in [-0.1, -0.05) is 15.9 Å². The van der Waals surface area contributed by atoms with E-state index < -0.39 is 28.9 Å². The van der Waals surface area contributed by atoms with Crippen molar-refractivity contribution in [3.8, 4) is 0 Å². The van der Waals surface area contributed by atoms with Crippen LogP contribution < -0.4 is 0 Å². The first-order valence-electron chi connectivity index (χ1n) is 3.82. The van der Waals surface area contributed by atoms with E-state index in [-0.39, 0.29) is 5.33 Å². The molecule has 0 aliphatic carbocycles. The van der Waals surface area contributed by atoms with Gasteiger partial charge in [0.1, 0.15) is 5.82 Å². The number of halogens is 5. The predicted molar refractivity (Wildman–Crippen MR) is 49.5 cm³/mol. The lowest BCUT2D eigenvalue weighted by Gasteiger charge is -2.10. The zero-order chi connectivity index (χ0) is 11.6. The molecule has 1 aromatic carbocycles. The highest BCUT2D eigenvalue weighted by Gasteiger charge is 2.35. The van der Waals surface area contributed by atoms with Crippen molar-refractivity contribution in [2.75, 3.05) is 5.33 Å². The minimum Gasteiger partial charge on any atom is -0.293 e. The molecule has 0 saturated heterocycles. The van der Waals surface area contributed by atoms with Crippen molar-refractivity contribution in [2.45, 2.75) is 6.18 Å². The largest absolute Gasteiger partial charge is 0.417 e. The van der Waals surface area contributed by atoms with Crippen LogP contribution in [0.1, 0.15) is 15.9 Å². The second kappa shape index (κ2) is 4.30. The normalized spacial score (nSPS) is 11.5. The summed E-state index contributed by atoms with van der Waals surface area (Å²) in [7, 11) is 0. The Hall–Kier alpha value is -0.910. The number of benzene rings is 1. The smallest absolute Gasteiger partial charge is 0.293 e. The van der Waals surface area contributed by atoms with E-state index in [1.54, 1.807) is 0 Å². The van der Waals surface area contributed by atoms with Gasteiger partial charge in [-0.05, 0) is 18.2 Å². The quantitative estimate of drug-likeness (QED) is 0.462. The zero-order valence-electron chi connectivity index (χ0n) is 7.24. The summed E-state index contributed by atoms with van der Waals surface area (Å²) in [5.74, 6) is -1.75. The van der Waals surface area contributed by atoms with Crippen molar-refractivity contribution in [3.05, 3.63) is 35.1 Å². The lowest BCUT2D eigenvalue weighted by Crippen LogP contribution is -2.14. The predicted octanol–water partition coefficient (Wildman–Crippen LogP) is 3.42. The van der Waals surface area contributed by atoms with Crippen LogP contribution in [0.2, 0.25) is 0 Å². The van der Waals surface area contributed by atoms with E-state index in [2.05, 4.69) is 15.9 Å². The van der Waals surface area contributed by atoms with Crippen LogP contribution in [0, 0.1) is 5.82 Å². The molecule has 0 saturated carbocycles. The molecule has 0 heterocycles. The molecule has 0 amide bonds. The lowest BCUT2D eigenvalue weighted by molar-refractivity contribution is -0.138. The van der Waals surface area contributed by atoms with Crippen molar-refractivity contribution in [1.82, 2.24) is 0 Å². The number of hydrogen-bond donors (Lipinski definition) is 0. The minimum absolute atomic E-state index is 0.234. The lowest BCUT2D eigenvalue weighted by atomic mass is 10.0. The molecule has 1 nitrogen and oxygen atoms in total. The van der Waals surface area contributed by atoms with Crippen molar-refractivity contribution >= 4 is 21.7 Å². The van der Waals surface area contributed by atoms with Gasteiger partial charge >= 0.3 is 6.18 Å². The van der Waals surface area contributed by atoms with Crippen LogP contribution in [-0.2, 0) is 6.18 Å². The second-order valence-electron chi connectivity index (χ2n) is 2.74. The number of carbonyl (C=O) groups is 1. The summed E-state index contributed by atoms with van der Waals surface area (Å²) in [6.07, 6.45) is -4.73. The molecule has 0 atom stereocenters. The number of rotatable bonds is 2. The van der Waals surface area contributed by atoms with Crippen molar-refractivity contribution in [2.24, 2.45) is 0 Å². The van der Waals surface area contributed by atoms with E-state index in [4.69, 9.17) is 0 Å². The van der Waals surface area contributed by atoms with Gasteiger partial charge in [0.05, 0.1) is 10.9 Å². The van der Waals surface area contributed by atoms with Crippen molar-refractivity contribution in [3.63, 3.8) is 0 Å². The summed E-state index contributed by atoms with van der Waals surface area (Å²) in [5, 5.41) is -0.234. The standard InChI is InChI=1S/C9H5BrF4O/c10-4-8(15)6-2-1-5(11)3-7(6)9(12,13)14/h1-3H,4H2. The maximum absolute atomic E-state index is 12.6. The molecule has 0 bridgehead atoms. The Balaban J connectivity index is 3.33. The van der Waals surface area contributed by atoms with Gasteiger partial charge in [-0.2, -0.15) is 13.2 Å². The molecule has 0 aliphatic rings. The first-order chi connectivity index (χ1) is 6.86. The van der Waals surface area contributed by atoms with E-state index in [1.165, 1.54) is 0 Å². The van der Waals surface area contributed by atoms with E-state index in [9.17, 15) is 22.4 Å². The average Bonchev–Trinajstić information content (AvgIpc) is 2.15. The number of alkyl halides is 4. The molecule has 0 aliphatic heterocycles. The van der Waals surface area contributed by atoms with Gasteiger partial charge in [0.15, 0.2) is 5.78 Å². The fourth-order valence-electron chi connectivity index (χ4n) is 1.07. The third-order valence-corrected chi connectivity index (χ3v) is 2.22. The van der Waals surface area contributed by atoms with Gasteiger partial charge < -0.3 is 0 Å². The number of Topliss-reactive ketones (excluding diaryl/α,β-unsaturated/α-hetero) is 1. The molecule has 1 aromatic rings. The number of carbonyl (C=O) groups excluding carboxylic acids is 1. The summed E-state index contributed by atoms with van der Waals surface area (Å²) in [6, 6.07) is 1.97. The number of hydrogen-bond acceptors (Lipinski definition) is 1. The van der Waals surface area contributed by atoms with E-state index >= 15 is 0 Å². The summed E-state index contributed by atoms with van der Waals surface area (Å²) in [4.78, 5) is 11.1. The first-order valence-corrected chi connectivity index (χ1v) is 4.94. The Morgan fingerprint density at radius 2 is 1.93 bits per heavy atom. The molecule has 0 aromatic heterocycles. The summed E-state index contributed by atoms with van der Waals surface area (Å²) >= 11 is 2.76. The molecule has 0 fully saturated rings. The van der Waals surface area contributed by atoms with Gasteiger partial charge in [0.2, 0.25) is 0 Å². The van der Waals surface area contributed by atoms with Crippen LogP contribution in [0.4, 0.5) is 17.6 Å². The number of ketones is 1. The third kappa shape index (κ3) is 2.77. The Kier molecular flexibility index (Phi) is 3.49. The Bertz CT molecular complexity index is 386. The summed E-state index contributed by atoms with van der Waals surface area (Å²) in [6.45, 7) is 0. The maximum Gasteiger partial charge on any atom is 0.417 e. The Morgan fingerprint density at radius 1 is 1.33 bits per heavy atom. The molecular formula is C9H5BrF4O. The second-order valence-corrected chi connectivity index (χ2v) is 3.31. The van der Waals surface area contributed by atoms with Crippen molar-refractivity contribution < 1.29 is 22.4 Å². The monoisotopic (exact) mass is 284 g/mol. The van der Waals surface area contributed by atoms with Crippen LogP contribution in [0.3, 0.4) is 0 Å². The maximum atomic E-state index is 12.6. The van der Waals surface area contributed by atoms with Gasteiger partial charge in [-0.3, -0.25) is 4.79 Å². The van der Waals surface area contributed by atoms with Crippen LogP contribution in [0.15, 0.2) is 18.2 Å².